The molecule has 0 atom stereocenters. The first-order valence-electron chi connectivity index (χ1n) is 10.6. The number of benzene rings is 2. The number of carbonyl (C=O) groups excluding carboxylic acids is 2. The van der Waals surface area contributed by atoms with Gasteiger partial charge in [-0.1, -0.05) is 56.3 Å². The molecule has 1 N–H and O–H groups in total. The van der Waals surface area contributed by atoms with Gasteiger partial charge in [-0.15, -0.1) is 11.3 Å². The number of amides is 1. The van der Waals surface area contributed by atoms with Crippen LogP contribution in [0.5, 0.6) is 0 Å². The highest BCUT2D eigenvalue weighted by Crippen LogP contribution is 2.40. The number of methoxy groups -OCH3 is 1. The molecular formula is C27H29NO3S. The van der Waals surface area contributed by atoms with Crippen LogP contribution in [0.3, 0.4) is 0 Å². The summed E-state index contributed by atoms with van der Waals surface area (Å²) < 4.78 is 5.05. The molecule has 1 aromatic heterocycles. The molecule has 4 nitrogen and oxygen atoms in total. The lowest BCUT2D eigenvalue weighted by molar-refractivity contribution is -0.111. The normalized spacial score (nSPS) is 11.2. The lowest BCUT2D eigenvalue weighted by atomic mass is 9.97. The third kappa shape index (κ3) is 5.17. The van der Waals surface area contributed by atoms with E-state index >= 15 is 0 Å². The van der Waals surface area contributed by atoms with Crippen LogP contribution in [0.2, 0.25) is 0 Å². The van der Waals surface area contributed by atoms with Gasteiger partial charge in [0.25, 0.3) is 0 Å². The maximum atomic E-state index is 12.7. The zero-order valence-electron chi connectivity index (χ0n) is 19.4. The first-order chi connectivity index (χ1) is 15.2. The van der Waals surface area contributed by atoms with E-state index in [0.29, 0.717) is 16.5 Å². The third-order valence-electron chi connectivity index (χ3n) is 5.54. The predicted octanol–water partition coefficient (Wildman–Crippen LogP) is 6.90. The number of hydrogen-bond acceptors (Lipinski definition) is 4. The quantitative estimate of drug-likeness (QED) is 0.330. The van der Waals surface area contributed by atoms with Crippen LogP contribution in [0.1, 0.15) is 57.3 Å². The number of hydrogen-bond donors (Lipinski definition) is 1. The minimum Gasteiger partial charge on any atom is -0.465 e. The molecule has 0 fully saturated rings. The van der Waals surface area contributed by atoms with Gasteiger partial charge in [-0.3, -0.25) is 4.79 Å². The van der Waals surface area contributed by atoms with Crippen molar-refractivity contribution < 1.29 is 14.3 Å². The van der Waals surface area contributed by atoms with Crippen molar-refractivity contribution in [1.29, 1.82) is 0 Å². The van der Waals surface area contributed by atoms with Crippen molar-refractivity contribution in [3.8, 4) is 11.1 Å². The summed E-state index contributed by atoms with van der Waals surface area (Å²) in [6.45, 7) is 10.3. The van der Waals surface area contributed by atoms with Crippen molar-refractivity contribution in [1.82, 2.24) is 0 Å². The number of aryl methyl sites for hydroxylation is 3. The Bertz CT molecular complexity index is 1170. The lowest BCUT2D eigenvalue weighted by Crippen LogP contribution is -2.11. The smallest absolute Gasteiger partial charge is 0.341 e. The van der Waals surface area contributed by atoms with Crippen molar-refractivity contribution >= 4 is 34.3 Å². The molecule has 0 aliphatic carbocycles. The lowest BCUT2D eigenvalue weighted by Gasteiger charge is -2.09. The number of carbonyl (C=O) groups is 2. The maximum Gasteiger partial charge on any atom is 0.341 e. The molecule has 0 unspecified atom stereocenters. The Morgan fingerprint density at radius 3 is 2.28 bits per heavy atom. The van der Waals surface area contributed by atoms with Gasteiger partial charge in [0.15, 0.2) is 0 Å². The second kappa shape index (κ2) is 9.96. The van der Waals surface area contributed by atoms with Gasteiger partial charge in [0, 0.05) is 16.5 Å². The summed E-state index contributed by atoms with van der Waals surface area (Å²) in [6, 6.07) is 14.2. The molecule has 0 radical (unpaired) electrons. The first kappa shape index (κ1) is 23.5. The Balaban J connectivity index is 1.89. The molecule has 0 saturated carbocycles. The minimum absolute atomic E-state index is 0.295. The van der Waals surface area contributed by atoms with E-state index in [1.54, 1.807) is 6.08 Å². The van der Waals surface area contributed by atoms with Crippen LogP contribution in [0.4, 0.5) is 5.00 Å². The van der Waals surface area contributed by atoms with E-state index in [0.717, 1.165) is 27.1 Å². The van der Waals surface area contributed by atoms with E-state index in [2.05, 4.69) is 44.3 Å². The summed E-state index contributed by atoms with van der Waals surface area (Å²) in [6.07, 6.45) is 3.25. The molecule has 0 bridgehead atoms. The molecule has 32 heavy (non-hydrogen) atoms. The Morgan fingerprint density at radius 1 is 1.00 bits per heavy atom. The van der Waals surface area contributed by atoms with Gasteiger partial charge >= 0.3 is 5.97 Å². The van der Waals surface area contributed by atoms with Crippen LogP contribution in [-0.4, -0.2) is 19.0 Å². The van der Waals surface area contributed by atoms with Crippen LogP contribution >= 0.6 is 11.3 Å². The van der Waals surface area contributed by atoms with Gasteiger partial charge in [0.05, 0.1) is 7.11 Å². The zero-order chi connectivity index (χ0) is 23.4. The van der Waals surface area contributed by atoms with Gasteiger partial charge in [-0.25, -0.2) is 4.79 Å². The van der Waals surface area contributed by atoms with Gasteiger partial charge in [0.2, 0.25) is 5.91 Å². The molecule has 0 saturated heterocycles. The Labute approximate surface area is 193 Å². The molecule has 0 aliphatic heterocycles. The minimum atomic E-state index is -0.467. The largest absolute Gasteiger partial charge is 0.465 e. The zero-order valence-corrected chi connectivity index (χ0v) is 20.2. The first-order valence-corrected chi connectivity index (χ1v) is 11.4. The molecule has 0 aliphatic rings. The summed E-state index contributed by atoms with van der Waals surface area (Å²) in [5, 5.41) is 3.37. The van der Waals surface area contributed by atoms with E-state index in [1.807, 2.05) is 38.1 Å². The van der Waals surface area contributed by atoms with Crippen molar-refractivity contribution in [2.45, 2.75) is 40.5 Å². The topological polar surface area (TPSA) is 55.4 Å². The van der Waals surface area contributed by atoms with E-state index in [-0.39, 0.29) is 5.91 Å². The number of anilines is 1. The molecule has 0 spiro atoms. The highest BCUT2D eigenvalue weighted by molar-refractivity contribution is 7.17. The highest BCUT2D eigenvalue weighted by Gasteiger charge is 2.25. The van der Waals surface area contributed by atoms with Gasteiger partial charge in [-0.05, 0) is 60.6 Å². The van der Waals surface area contributed by atoms with Crippen molar-refractivity contribution in [3.63, 3.8) is 0 Å². The van der Waals surface area contributed by atoms with Gasteiger partial charge < -0.3 is 10.1 Å². The molecule has 1 amide bonds. The fourth-order valence-corrected chi connectivity index (χ4v) is 4.56. The van der Waals surface area contributed by atoms with Crippen molar-refractivity contribution in [2.24, 2.45) is 0 Å². The fraction of sp³-hybridized carbons (Fsp3) is 0.259. The van der Waals surface area contributed by atoms with E-state index in [1.165, 1.54) is 35.6 Å². The Kier molecular flexibility index (Phi) is 7.31. The number of rotatable bonds is 6. The predicted molar refractivity (Wildman–Crippen MR) is 134 cm³/mol. The number of ether oxygens (including phenoxy) is 1. The maximum absolute atomic E-state index is 12.7. The van der Waals surface area contributed by atoms with E-state index < -0.39 is 5.97 Å². The molecule has 5 heteroatoms. The van der Waals surface area contributed by atoms with Crippen LogP contribution in [-0.2, 0) is 9.53 Å². The molecular weight excluding hydrogens is 418 g/mol. The standard InChI is InChI=1S/C27H29NO3S/c1-16(2)21-12-8-20(9-13-21)10-14-23(29)28-26-25(27(30)31-6)24(19(5)32-26)22-11-7-17(3)18(4)15-22/h7-16H,1-6H3,(H,28,29)/b14-10+. The van der Waals surface area contributed by atoms with Crippen LogP contribution in [0.15, 0.2) is 48.5 Å². The van der Waals surface area contributed by atoms with Gasteiger partial charge in [-0.2, -0.15) is 0 Å². The van der Waals surface area contributed by atoms with E-state index in [9.17, 15) is 9.59 Å². The van der Waals surface area contributed by atoms with Crippen LogP contribution in [0, 0.1) is 20.8 Å². The molecule has 1 heterocycles. The molecule has 3 aromatic rings. The Morgan fingerprint density at radius 2 is 1.69 bits per heavy atom. The summed E-state index contributed by atoms with van der Waals surface area (Å²) >= 11 is 1.38. The molecule has 3 rings (SSSR count). The van der Waals surface area contributed by atoms with Crippen LogP contribution < -0.4 is 5.32 Å². The highest BCUT2D eigenvalue weighted by atomic mass is 32.1. The Hall–Kier alpha value is -3.18. The second-order valence-corrected chi connectivity index (χ2v) is 9.40. The fourth-order valence-electron chi connectivity index (χ4n) is 3.49. The van der Waals surface area contributed by atoms with Gasteiger partial charge in [0.1, 0.15) is 10.6 Å². The SMILES string of the molecule is COC(=O)c1c(NC(=O)/C=C/c2ccc(C(C)C)cc2)sc(C)c1-c1ccc(C)c(C)c1. The summed E-state index contributed by atoms with van der Waals surface area (Å²) in [4.78, 5) is 26.2. The van der Waals surface area contributed by atoms with Crippen molar-refractivity contribution in [3.05, 3.63) is 81.2 Å². The van der Waals surface area contributed by atoms with Crippen molar-refractivity contribution in [2.75, 3.05) is 12.4 Å². The summed E-state index contributed by atoms with van der Waals surface area (Å²) in [5.74, 6) is -0.302. The third-order valence-corrected chi connectivity index (χ3v) is 6.56. The van der Waals surface area contributed by atoms with Crippen LogP contribution in [0.25, 0.3) is 17.2 Å². The second-order valence-electron chi connectivity index (χ2n) is 8.17. The average Bonchev–Trinajstić information content (AvgIpc) is 3.09. The number of esters is 1. The number of thiophene rings is 1. The summed E-state index contributed by atoms with van der Waals surface area (Å²) in [5.41, 5.74) is 6.64. The summed E-state index contributed by atoms with van der Waals surface area (Å²) in [7, 11) is 1.35. The molecule has 166 valence electrons. The molecule has 2 aromatic carbocycles. The number of nitrogens with one attached hydrogen (secondary N) is 1. The van der Waals surface area contributed by atoms with E-state index in [4.69, 9.17) is 4.74 Å². The average molecular weight is 448 g/mol. The monoisotopic (exact) mass is 447 g/mol.